The molecule has 0 aliphatic rings. The Balaban J connectivity index is 4.43. The second kappa shape index (κ2) is 30.7. The molecule has 0 heterocycles. The third-order valence-electron chi connectivity index (χ3n) is 7.36. The number of alkyl carbamates (subject to hydrolysis) is 3. The summed E-state index contributed by atoms with van der Waals surface area (Å²) in [6.07, 6.45) is 14.3. The van der Waals surface area contributed by atoms with E-state index >= 15 is 0 Å². The van der Waals surface area contributed by atoms with Gasteiger partial charge >= 0.3 is 18.3 Å². The number of carbonyl (C=O) groups is 3. The summed E-state index contributed by atoms with van der Waals surface area (Å²) in [5.74, 6) is 0. The van der Waals surface area contributed by atoms with Crippen LogP contribution in [0.5, 0.6) is 0 Å². The predicted octanol–water partition coefficient (Wildman–Crippen LogP) is 3.76. The van der Waals surface area contributed by atoms with Gasteiger partial charge in [0, 0.05) is 25.2 Å². The molecule has 0 rings (SSSR count). The molecule has 0 aliphatic carbocycles. The Kier molecular flexibility index (Phi) is 29.0. The molecule has 11 N–H and O–H groups in total. The van der Waals surface area contributed by atoms with Gasteiger partial charge in [-0.3, -0.25) is 0 Å². The largest absolute Gasteiger partial charge is 0.450 e. The van der Waals surface area contributed by atoms with E-state index < -0.39 is 23.8 Å². The molecule has 0 saturated carbocycles. The first-order valence-electron chi connectivity index (χ1n) is 17.0. The van der Waals surface area contributed by atoms with Gasteiger partial charge in [-0.1, -0.05) is 38.5 Å². The maximum atomic E-state index is 12.0. The number of unbranched alkanes of at least 4 members (excludes halogenated alkanes) is 9. The molecule has 13 heteroatoms. The van der Waals surface area contributed by atoms with Crippen molar-refractivity contribution in [3.05, 3.63) is 0 Å². The first-order chi connectivity index (χ1) is 21.4. The maximum Gasteiger partial charge on any atom is 0.407 e. The summed E-state index contributed by atoms with van der Waals surface area (Å²) in [7, 11) is 0. The predicted molar refractivity (Wildman–Crippen MR) is 175 cm³/mol. The zero-order valence-electron chi connectivity index (χ0n) is 27.4. The van der Waals surface area contributed by atoms with Gasteiger partial charge < -0.3 is 53.1 Å². The van der Waals surface area contributed by atoms with E-state index in [0.29, 0.717) is 77.8 Å². The van der Waals surface area contributed by atoms with E-state index in [2.05, 4.69) is 16.0 Å². The summed E-state index contributed by atoms with van der Waals surface area (Å²) in [4.78, 5) is 36.0. The van der Waals surface area contributed by atoms with Crippen LogP contribution in [0.4, 0.5) is 14.4 Å². The van der Waals surface area contributed by atoms with Crippen LogP contribution in [-0.2, 0) is 14.2 Å². The van der Waals surface area contributed by atoms with Crippen LogP contribution in [0, 0.1) is 0 Å². The van der Waals surface area contributed by atoms with E-state index in [0.717, 1.165) is 77.0 Å². The van der Waals surface area contributed by atoms with Crippen LogP contribution < -0.4 is 38.9 Å². The van der Waals surface area contributed by atoms with Crippen LogP contribution in [-0.4, -0.2) is 82.9 Å². The summed E-state index contributed by atoms with van der Waals surface area (Å²) in [5, 5.41) is 8.32. The van der Waals surface area contributed by atoms with Crippen LogP contribution in [0.15, 0.2) is 0 Å². The van der Waals surface area contributed by atoms with Gasteiger partial charge in [0.2, 0.25) is 0 Å². The van der Waals surface area contributed by atoms with Gasteiger partial charge in [0.1, 0.15) is 0 Å². The number of hydrogen-bond donors (Lipinski definition) is 7. The highest BCUT2D eigenvalue weighted by molar-refractivity contribution is 5.67. The highest BCUT2D eigenvalue weighted by Gasteiger charge is 2.24. The number of nitrogens with one attached hydrogen (secondary N) is 3. The Morgan fingerprint density at radius 1 is 0.432 bits per heavy atom. The Labute approximate surface area is 266 Å². The van der Waals surface area contributed by atoms with Crippen LogP contribution in [0.25, 0.3) is 0 Å². The molecule has 3 amide bonds. The molecule has 0 unspecified atom stereocenters. The molecule has 0 atom stereocenters. The summed E-state index contributed by atoms with van der Waals surface area (Å²) >= 11 is 0. The van der Waals surface area contributed by atoms with E-state index in [9.17, 15) is 14.4 Å². The number of ether oxygens (including phenoxy) is 3. The van der Waals surface area contributed by atoms with Crippen molar-refractivity contribution >= 4 is 18.3 Å². The topological polar surface area (TPSA) is 219 Å². The van der Waals surface area contributed by atoms with Gasteiger partial charge in [-0.15, -0.1) is 0 Å². The standard InChI is InChI=1S/C31H65N7O6/c32-19-7-1-4-10-22-36-28(39)42-25-13-16-31(35,17-14-26-43-29(40)37-23-11-5-2-8-20-33)18-15-27-44-30(41)38-24-12-6-3-9-21-34/h1-27,32-35H2,(H,36,39)(H,37,40)(H,38,41). The fourth-order valence-corrected chi connectivity index (χ4v) is 4.74. The van der Waals surface area contributed by atoms with E-state index in [1.54, 1.807) is 0 Å². The van der Waals surface area contributed by atoms with Gasteiger partial charge in [-0.25, -0.2) is 14.4 Å². The molecule has 0 aromatic rings. The van der Waals surface area contributed by atoms with Gasteiger partial charge in [0.15, 0.2) is 0 Å². The SMILES string of the molecule is NCCCCCCNC(=O)OCCCC(N)(CCCOC(=O)NCCCCCCN)CCCOC(=O)NCCCCCCN. The number of nitrogens with two attached hydrogens (primary N) is 4. The minimum atomic E-state index is -0.575. The number of carbonyl (C=O) groups excluding carboxylic acids is 3. The Morgan fingerprint density at radius 3 is 0.977 bits per heavy atom. The second-order valence-electron chi connectivity index (χ2n) is 11.5. The third kappa shape index (κ3) is 28.4. The molecule has 260 valence electrons. The zero-order valence-corrected chi connectivity index (χ0v) is 27.4. The van der Waals surface area contributed by atoms with Crippen molar-refractivity contribution in [2.75, 3.05) is 59.1 Å². The smallest absolute Gasteiger partial charge is 0.407 e. The zero-order chi connectivity index (χ0) is 32.6. The summed E-state index contributed by atoms with van der Waals surface area (Å²) in [6.45, 7) is 4.57. The van der Waals surface area contributed by atoms with Crippen molar-refractivity contribution in [3.8, 4) is 0 Å². The minimum absolute atomic E-state index is 0.256. The minimum Gasteiger partial charge on any atom is -0.450 e. The highest BCUT2D eigenvalue weighted by atomic mass is 16.6. The lowest BCUT2D eigenvalue weighted by molar-refractivity contribution is 0.129. The molecule has 0 aromatic carbocycles. The average Bonchev–Trinajstić information content (AvgIpc) is 3.01. The van der Waals surface area contributed by atoms with Gasteiger partial charge in [-0.05, 0) is 96.7 Å². The molecule has 0 aromatic heterocycles. The molecular formula is C31H65N7O6. The average molecular weight is 632 g/mol. The van der Waals surface area contributed by atoms with Gasteiger partial charge in [0.25, 0.3) is 0 Å². The fraction of sp³-hybridized carbons (Fsp3) is 0.903. The number of hydrogen-bond acceptors (Lipinski definition) is 10. The van der Waals surface area contributed by atoms with E-state index in [4.69, 9.17) is 37.1 Å². The summed E-state index contributed by atoms with van der Waals surface area (Å²) < 4.78 is 16.0. The van der Waals surface area contributed by atoms with Crippen molar-refractivity contribution in [1.82, 2.24) is 16.0 Å². The normalized spacial score (nSPS) is 11.2. The van der Waals surface area contributed by atoms with Crippen molar-refractivity contribution in [2.45, 2.75) is 121 Å². The molecule has 44 heavy (non-hydrogen) atoms. The monoisotopic (exact) mass is 631 g/mol. The first-order valence-corrected chi connectivity index (χ1v) is 17.0. The second-order valence-corrected chi connectivity index (χ2v) is 11.5. The van der Waals surface area contributed by atoms with Gasteiger partial charge in [0.05, 0.1) is 19.8 Å². The summed E-state index contributed by atoms with van der Waals surface area (Å²) in [6, 6.07) is 0. The molecule has 0 radical (unpaired) electrons. The molecule has 0 spiro atoms. The number of amides is 3. The quantitative estimate of drug-likeness (QED) is 0.0449. The van der Waals surface area contributed by atoms with E-state index in [1.165, 1.54) is 0 Å². The van der Waals surface area contributed by atoms with E-state index in [-0.39, 0.29) is 19.8 Å². The van der Waals surface area contributed by atoms with Crippen LogP contribution in [0.1, 0.15) is 116 Å². The Hall–Kier alpha value is -2.35. The maximum absolute atomic E-state index is 12.0. The van der Waals surface area contributed by atoms with Crippen LogP contribution in [0.3, 0.4) is 0 Å². The summed E-state index contributed by atoms with van der Waals surface area (Å²) in [5.41, 5.74) is 22.7. The van der Waals surface area contributed by atoms with Crippen molar-refractivity contribution in [2.24, 2.45) is 22.9 Å². The molecule has 0 fully saturated rings. The Morgan fingerprint density at radius 2 is 0.705 bits per heavy atom. The fourth-order valence-electron chi connectivity index (χ4n) is 4.74. The molecule has 13 nitrogen and oxygen atoms in total. The van der Waals surface area contributed by atoms with Crippen molar-refractivity contribution < 1.29 is 28.6 Å². The third-order valence-corrected chi connectivity index (χ3v) is 7.36. The highest BCUT2D eigenvalue weighted by Crippen LogP contribution is 2.23. The molecule has 0 aliphatic heterocycles. The lowest BCUT2D eigenvalue weighted by Gasteiger charge is -2.30. The molecule has 0 saturated heterocycles. The number of rotatable bonds is 30. The molecular weight excluding hydrogens is 566 g/mol. The lowest BCUT2D eigenvalue weighted by atomic mass is 9.85. The van der Waals surface area contributed by atoms with Crippen LogP contribution >= 0.6 is 0 Å². The lowest BCUT2D eigenvalue weighted by Crippen LogP contribution is -2.41. The molecule has 0 bridgehead atoms. The first kappa shape index (κ1) is 41.7. The Bertz CT molecular complexity index is 614. The van der Waals surface area contributed by atoms with Gasteiger partial charge in [-0.2, -0.15) is 0 Å². The van der Waals surface area contributed by atoms with Crippen LogP contribution in [0.2, 0.25) is 0 Å². The van der Waals surface area contributed by atoms with Crippen molar-refractivity contribution in [3.63, 3.8) is 0 Å². The van der Waals surface area contributed by atoms with E-state index in [1.807, 2.05) is 0 Å². The van der Waals surface area contributed by atoms with Crippen molar-refractivity contribution in [1.29, 1.82) is 0 Å².